The van der Waals surface area contributed by atoms with Crippen LogP contribution in [0.25, 0.3) is 0 Å². The molecule has 18 heavy (non-hydrogen) atoms. The van der Waals surface area contributed by atoms with Crippen molar-refractivity contribution in [1.82, 2.24) is 0 Å². The van der Waals surface area contributed by atoms with E-state index in [0.717, 1.165) is 6.42 Å². The summed E-state index contributed by atoms with van der Waals surface area (Å²) in [6.07, 6.45) is 1.14. The summed E-state index contributed by atoms with van der Waals surface area (Å²) >= 11 is 0. The van der Waals surface area contributed by atoms with Gasteiger partial charge in [-0.1, -0.05) is 20.3 Å². The molecule has 104 valence electrons. The number of rotatable bonds is 6. The smallest absolute Gasteiger partial charge is 0.461 e. The number of hydrogen-bond acceptors (Lipinski definition) is 5. The highest BCUT2D eigenvalue weighted by molar-refractivity contribution is 6.69. The third-order valence-electron chi connectivity index (χ3n) is 2.87. The molecular formula is C12H22O5Si. The molecule has 0 aliphatic carbocycles. The molecule has 0 amide bonds. The Morgan fingerprint density at radius 2 is 1.94 bits per heavy atom. The van der Waals surface area contributed by atoms with Crippen molar-refractivity contribution in [3.63, 3.8) is 0 Å². The molecule has 1 unspecified atom stereocenters. The molecule has 0 aromatic rings. The maximum Gasteiger partial charge on any atom is 0.461 e. The first-order valence-electron chi connectivity index (χ1n) is 6.28. The van der Waals surface area contributed by atoms with Gasteiger partial charge in [0.25, 0.3) is 11.9 Å². The quantitative estimate of drug-likeness (QED) is 0.693. The van der Waals surface area contributed by atoms with Crippen LogP contribution in [0.2, 0.25) is 12.6 Å². The highest BCUT2D eigenvalue weighted by Crippen LogP contribution is 2.31. The summed E-state index contributed by atoms with van der Waals surface area (Å²) in [4.78, 5) is 23.0. The van der Waals surface area contributed by atoms with Gasteiger partial charge in [0.15, 0.2) is 0 Å². The zero-order valence-corrected chi connectivity index (χ0v) is 12.6. The topological polar surface area (TPSA) is 61.8 Å². The van der Waals surface area contributed by atoms with E-state index < -0.39 is 8.56 Å². The molecule has 5 nitrogen and oxygen atoms in total. The van der Waals surface area contributed by atoms with Gasteiger partial charge in [0.1, 0.15) is 0 Å². The van der Waals surface area contributed by atoms with Crippen LogP contribution in [0.3, 0.4) is 0 Å². The van der Waals surface area contributed by atoms with E-state index in [0.29, 0.717) is 25.7 Å². The molecule has 0 spiro atoms. The van der Waals surface area contributed by atoms with Crippen molar-refractivity contribution >= 4 is 20.5 Å². The van der Waals surface area contributed by atoms with E-state index in [1.807, 2.05) is 13.8 Å². The summed E-state index contributed by atoms with van der Waals surface area (Å²) in [5.41, 5.74) is -0.116. The summed E-state index contributed by atoms with van der Waals surface area (Å²) < 4.78 is 15.8. The fourth-order valence-electron chi connectivity index (χ4n) is 2.06. The lowest BCUT2D eigenvalue weighted by atomic mass is 9.85. The van der Waals surface area contributed by atoms with Gasteiger partial charge in [0.05, 0.1) is 19.6 Å². The molecule has 0 aromatic heterocycles. The van der Waals surface area contributed by atoms with Crippen LogP contribution in [-0.4, -0.2) is 33.7 Å². The number of hydrogen-bond donors (Lipinski definition) is 0. The first-order chi connectivity index (χ1) is 8.29. The van der Waals surface area contributed by atoms with Crippen LogP contribution in [0, 0.1) is 5.41 Å². The van der Waals surface area contributed by atoms with Crippen LogP contribution in [0.15, 0.2) is 0 Å². The highest BCUT2D eigenvalue weighted by Gasteiger charge is 2.41. The van der Waals surface area contributed by atoms with E-state index in [1.165, 1.54) is 6.92 Å². The van der Waals surface area contributed by atoms with Gasteiger partial charge in [0.2, 0.25) is 0 Å². The zero-order valence-electron chi connectivity index (χ0n) is 11.6. The Labute approximate surface area is 109 Å². The summed E-state index contributed by atoms with van der Waals surface area (Å²) in [6.45, 7) is 8.24. The average Bonchev–Trinajstić information content (AvgIpc) is 2.12. The van der Waals surface area contributed by atoms with Crippen LogP contribution in [0.5, 0.6) is 0 Å². The minimum atomic E-state index is -2.70. The van der Waals surface area contributed by atoms with E-state index in [9.17, 15) is 9.59 Å². The van der Waals surface area contributed by atoms with Crippen molar-refractivity contribution in [1.29, 1.82) is 0 Å². The predicted molar refractivity (Wildman–Crippen MR) is 68.1 cm³/mol. The molecule has 1 aliphatic rings. The van der Waals surface area contributed by atoms with E-state index >= 15 is 0 Å². The highest BCUT2D eigenvalue weighted by atomic mass is 28.4. The van der Waals surface area contributed by atoms with Gasteiger partial charge in [-0.2, -0.15) is 0 Å². The molecule has 1 aliphatic heterocycles. The third kappa shape index (κ3) is 4.42. The maximum atomic E-state index is 11.9. The van der Waals surface area contributed by atoms with E-state index in [-0.39, 0.29) is 17.4 Å². The first kappa shape index (κ1) is 15.2. The molecule has 0 aromatic carbocycles. The van der Waals surface area contributed by atoms with Crippen LogP contribution in [0.1, 0.15) is 33.6 Å². The average molecular weight is 274 g/mol. The Morgan fingerprint density at radius 1 is 1.33 bits per heavy atom. The van der Waals surface area contributed by atoms with Gasteiger partial charge in [-0.25, -0.2) is 0 Å². The van der Waals surface area contributed by atoms with E-state index in [1.54, 1.807) is 6.55 Å². The van der Waals surface area contributed by atoms with Gasteiger partial charge in [-0.15, -0.1) is 0 Å². The molecule has 1 saturated heterocycles. The van der Waals surface area contributed by atoms with Crippen molar-refractivity contribution in [2.45, 2.75) is 46.2 Å². The van der Waals surface area contributed by atoms with Gasteiger partial charge >= 0.3 is 8.56 Å². The second kappa shape index (κ2) is 5.84. The molecule has 6 heteroatoms. The zero-order chi connectivity index (χ0) is 13.8. The minimum Gasteiger partial charge on any atom is -0.485 e. The summed E-state index contributed by atoms with van der Waals surface area (Å²) in [5.74, 6) is -0.673. The van der Waals surface area contributed by atoms with Crippen molar-refractivity contribution < 1.29 is 23.2 Å². The van der Waals surface area contributed by atoms with Gasteiger partial charge < -0.3 is 13.6 Å². The Bertz CT molecular complexity index is 326. The van der Waals surface area contributed by atoms with Crippen molar-refractivity contribution in [2.75, 3.05) is 13.2 Å². The largest absolute Gasteiger partial charge is 0.485 e. The number of carbonyl (C=O) groups is 2. The van der Waals surface area contributed by atoms with Crippen LogP contribution in [0.4, 0.5) is 0 Å². The van der Waals surface area contributed by atoms with Crippen molar-refractivity contribution in [2.24, 2.45) is 5.41 Å². The second-order valence-corrected chi connectivity index (χ2v) is 8.61. The van der Waals surface area contributed by atoms with E-state index in [4.69, 9.17) is 13.6 Å². The lowest BCUT2D eigenvalue weighted by Gasteiger charge is -2.38. The predicted octanol–water partition coefficient (Wildman–Crippen LogP) is 2.00. The molecule has 1 rings (SSSR count). The minimum absolute atomic E-state index is 0.116. The molecule has 0 bridgehead atoms. The first-order valence-corrected chi connectivity index (χ1v) is 8.80. The fourth-order valence-corrected chi connectivity index (χ4v) is 4.37. The summed E-state index contributed by atoms with van der Waals surface area (Å²) in [7, 11) is -2.70. The molecular weight excluding hydrogens is 252 g/mol. The Kier molecular flexibility index (Phi) is 4.92. The van der Waals surface area contributed by atoms with Crippen molar-refractivity contribution in [3.8, 4) is 0 Å². The normalized spacial score (nSPS) is 20.4. The van der Waals surface area contributed by atoms with E-state index in [2.05, 4.69) is 0 Å². The molecule has 1 atom stereocenters. The summed E-state index contributed by atoms with van der Waals surface area (Å²) in [5, 5.41) is 0. The fraction of sp³-hybridized carbons (Fsp3) is 0.833. The third-order valence-corrected chi connectivity index (χ3v) is 5.65. The maximum absolute atomic E-state index is 11.9. The molecule has 0 saturated carbocycles. The SMILES string of the molecule is CCC[Si](C)(OC(C)=O)OC(=O)CC1(C)COC1. The Hall–Kier alpha value is -0.883. The monoisotopic (exact) mass is 274 g/mol. The van der Waals surface area contributed by atoms with Crippen LogP contribution < -0.4 is 0 Å². The molecule has 1 fully saturated rings. The van der Waals surface area contributed by atoms with Crippen LogP contribution in [-0.2, 0) is 23.2 Å². The number of ether oxygens (including phenoxy) is 1. The van der Waals surface area contributed by atoms with Crippen LogP contribution >= 0.6 is 0 Å². The van der Waals surface area contributed by atoms with Gasteiger partial charge in [-0.05, 0) is 0 Å². The van der Waals surface area contributed by atoms with Gasteiger partial charge in [0, 0.05) is 24.9 Å². The lowest BCUT2D eigenvalue weighted by molar-refractivity contribution is -0.153. The lowest BCUT2D eigenvalue weighted by Crippen LogP contribution is -2.46. The molecule has 1 heterocycles. The Morgan fingerprint density at radius 3 is 2.33 bits per heavy atom. The standard InChI is InChI=1S/C12H22O5Si/c1-5-6-18(4,16-10(2)13)17-11(14)7-12(3)8-15-9-12/h5-9H2,1-4H3. The summed E-state index contributed by atoms with van der Waals surface area (Å²) in [6, 6.07) is 0.630. The van der Waals surface area contributed by atoms with Gasteiger partial charge in [-0.3, -0.25) is 9.59 Å². The number of carbonyl (C=O) groups excluding carboxylic acids is 2. The van der Waals surface area contributed by atoms with Crippen molar-refractivity contribution in [3.05, 3.63) is 0 Å². The molecule has 0 radical (unpaired) electrons. The second-order valence-electron chi connectivity index (χ2n) is 5.43. The molecule has 0 N–H and O–H groups in total. The Balaban J connectivity index is 2.54.